The van der Waals surface area contributed by atoms with Crippen LogP contribution in [0.5, 0.6) is 5.75 Å². The lowest BCUT2D eigenvalue weighted by Crippen LogP contribution is -2.26. The van der Waals surface area contributed by atoms with Gasteiger partial charge in [0.15, 0.2) is 0 Å². The Bertz CT molecular complexity index is 1200. The molecule has 150 valence electrons. The molecule has 0 saturated carbocycles. The molecule has 2 N–H and O–H groups in total. The fourth-order valence-electron chi connectivity index (χ4n) is 4.17. The normalized spacial score (nSPS) is 12.1. The van der Waals surface area contributed by atoms with Crippen molar-refractivity contribution >= 4 is 17.1 Å². The van der Waals surface area contributed by atoms with Crippen molar-refractivity contribution in [3.05, 3.63) is 56.9 Å². The number of phenols is 1. The van der Waals surface area contributed by atoms with Gasteiger partial charge in [0.1, 0.15) is 12.4 Å². The van der Waals surface area contributed by atoms with Gasteiger partial charge in [-0.05, 0) is 48.2 Å². The first-order valence-corrected chi connectivity index (χ1v) is 9.70. The number of nitrogens with zero attached hydrogens (tertiary/aromatic N) is 2. The highest BCUT2D eigenvalue weighted by Gasteiger charge is 2.27. The van der Waals surface area contributed by atoms with E-state index in [2.05, 4.69) is 0 Å². The Hall–Kier alpha value is -3.35. The fraction of sp³-hybridized carbons (Fsp3) is 0.318. The van der Waals surface area contributed by atoms with Gasteiger partial charge in [0, 0.05) is 10.9 Å². The molecule has 0 atom stereocenters. The van der Waals surface area contributed by atoms with Gasteiger partial charge in [-0.1, -0.05) is 20.3 Å². The zero-order valence-corrected chi connectivity index (χ0v) is 16.4. The highest BCUT2D eigenvalue weighted by molar-refractivity contribution is 5.89. The predicted molar refractivity (Wildman–Crippen MR) is 108 cm³/mol. The van der Waals surface area contributed by atoms with Gasteiger partial charge in [-0.15, -0.1) is 0 Å². The minimum absolute atomic E-state index is 0.181. The van der Waals surface area contributed by atoms with Crippen LogP contribution in [-0.4, -0.2) is 25.9 Å². The van der Waals surface area contributed by atoms with E-state index in [0.717, 1.165) is 51.8 Å². The second kappa shape index (κ2) is 7.24. The van der Waals surface area contributed by atoms with E-state index in [0.29, 0.717) is 18.5 Å². The van der Waals surface area contributed by atoms with Crippen LogP contribution in [0, 0.1) is 0 Å². The zero-order chi connectivity index (χ0) is 20.7. The summed E-state index contributed by atoms with van der Waals surface area (Å²) in [6, 6.07) is 7.04. The first kappa shape index (κ1) is 19.0. The van der Waals surface area contributed by atoms with E-state index in [4.69, 9.17) is 14.8 Å². The molecule has 2 aromatic heterocycles. The number of rotatable bonds is 5. The Morgan fingerprint density at radius 1 is 1.24 bits per heavy atom. The van der Waals surface area contributed by atoms with Crippen LogP contribution in [0.3, 0.4) is 0 Å². The molecule has 0 spiro atoms. The number of phenolic OH excluding ortho intramolecular Hbond substituents is 1. The third-order valence-corrected chi connectivity index (χ3v) is 5.45. The third kappa shape index (κ3) is 3.12. The van der Waals surface area contributed by atoms with Crippen LogP contribution in [0.1, 0.15) is 42.5 Å². The number of carboxylic acid groups (broad SMARTS) is 1. The summed E-state index contributed by atoms with van der Waals surface area (Å²) in [5.41, 5.74) is 5.27. The van der Waals surface area contributed by atoms with Crippen molar-refractivity contribution in [2.75, 3.05) is 0 Å². The van der Waals surface area contributed by atoms with Gasteiger partial charge in [0.2, 0.25) is 0 Å². The van der Waals surface area contributed by atoms with Crippen LogP contribution < -0.4 is 5.56 Å². The standard InChI is InChI=1S/C22H22N2O5/c1-3-5-12-8-19-20-16(10-24(19)21(26)17(12)11-29-22(27)28)14(4-2)15-9-13(25)6-7-18(15)23-20/h6-9,25H,3-5,10-11H2,1-2H3,(H,27,28). The van der Waals surface area contributed by atoms with Crippen molar-refractivity contribution in [1.82, 2.24) is 9.55 Å². The van der Waals surface area contributed by atoms with E-state index in [9.17, 15) is 14.7 Å². The zero-order valence-electron chi connectivity index (χ0n) is 16.4. The van der Waals surface area contributed by atoms with Gasteiger partial charge in [-0.25, -0.2) is 9.78 Å². The summed E-state index contributed by atoms with van der Waals surface area (Å²) in [5.74, 6) is 0.181. The van der Waals surface area contributed by atoms with E-state index in [-0.39, 0.29) is 17.9 Å². The molecule has 0 aliphatic carbocycles. The predicted octanol–water partition coefficient (Wildman–Crippen LogP) is 3.84. The molecule has 0 unspecified atom stereocenters. The second-order valence-corrected chi connectivity index (χ2v) is 7.20. The Kier molecular flexibility index (Phi) is 4.74. The van der Waals surface area contributed by atoms with Crippen molar-refractivity contribution in [3.8, 4) is 17.1 Å². The number of ether oxygens (including phenoxy) is 1. The maximum Gasteiger partial charge on any atom is 0.506 e. The molecule has 29 heavy (non-hydrogen) atoms. The summed E-state index contributed by atoms with van der Waals surface area (Å²) < 4.78 is 6.36. The maximum absolute atomic E-state index is 13.2. The number of pyridine rings is 2. The first-order valence-electron chi connectivity index (χ1n) is 9.70. The Labute approximate surface area is 167 Å². The number of hydrogen-bond acceptors (Lipinski definition) is 5. The largest absolute Gasteiger partial charge is 0.508 e. The van der Waals surface area contributed by atoms with E-state index in [1.807, 2.05) is 19.9 Å². The molecule has 1 aromatic carbocycles. The molecular weight excluding hydrogens is 372 g/mol. The smallest absolute Gasteiger partial charge is 0.506 e. The molecule has 0 fully saturated rings. The molecule has 0 amide bonds. The number of carbonyl (C=O) groups is 1. The van der Waals surface area contributed by atoms with E-state index in [1.54, 1.807) is 22.8 Å². The van der Waals surface area contributed by atoms with Gasteiger partial charge >= 0.3 is 6.16 Å². The highest BCUT2D eigenvalue weighted by Crippen LogP contribution is 2.37. The minimum Gasteiger partial charge on any atom is -0.508 e. The van der Waals surface area contributed by atoms with Crippen molar-refractivity contribution in [1.29, 1.82) is 0 Å². The number of fused-ring (bicyclic) bond motifs is 4. The van der Waals surface area contributed by atoms with E-state index < -0.39 is 6.16 Å². The number of benzene rings is 1. The van der Waals surface area contributed by atoms with Crippen LogP contribution in [0.25, 0.3) is 22.3 Å². The summed E-state index contributed by atoms with van der Waals surface area (Å²) in [4.78, 5) is 28.9. The first-order chi connectivity index (χ1) is 13.9. The topological polar surface area (TPSA) is 102 Å². The molecule has 0 radical (unpaired) electrons. The van der Waals surface area contributed by atoms with Gasteiger partial charge in [0.25, 0.3) is 5.56 Å². The Balaban J connectivity index is 1.95. The summed E-state index contributed by atoms with van der Waals surface area (Å²) in [7, 11) is 0. The van der Waals surface area contributed by atoms with Crippen LogP contribution in [0.2, 0.25) is 0 Å². The van der Waals surface area contributed by atoms with Gasteiger partial charge < -0.3 is 19.5 Å². The van der Waals surface area contributed by atoms with Crippen molar-refractivity contribution in [2.45, 2.75) is 46.3 Å². The number of aryl methyl sites for hydroxylation is 2. The highest BCUT2D eigenvalue weighted by atomic mass is 16.7. The molecule has 7 heteroatoms. The lowest BCUT2D eigenvalue weighted by molar-refractivity contribution is 0.0847. The number of aromatic nitrogens is 2. The quantitative estimate of drug-likeness (QED) is 0.499. The number of hydrogen-bond donors (Lipinski definition) is 2. The van der Waals surface area contributed by atoms with Crippen LogP contribution in [0.15, 0.2) is 29.1 Å². The summed E-state index contributed by atoms with van der Waals surface area (Å²) in [6.07, 6.45) is 0.811. The molecule has 3 aromatic rings. The lowest BCUT2D eigenvalue weighted by Gasteiger charge is -2.12. The monoisotopic (exact) mass is 394 g/mol. The molecule has 1 aliphatic rings. The molecule has 0 bridgehead atoms. The van der Waals surface area contributed by atoms with Gasteiger partial charge in [0.05, 0.1) is 29.0 Å². The fourth-order valence-corrected chi connectivity index (χ4v) is 4.17. The van der Waals surface area contributed by atoms with Crippen LogP contribution in [0.4, 0.5) is 4.79 Å². The van der Waals surface area contributed by atoms with Crippen LogP contribution >= 0.6 is 0 Å². The van der Waals surface area contributed by atoms with E-state index in [1.165, 1.54) is 0 Å². The Morgan fingerprint density at radius 3 is 2.72 bits per heavy atom. The molecule has 3 heterocycles. The second-order valence-electron chi connectivity index (χ2n) is 7.20. The van der Waals surface area contributed by atoms with E-state index >= 15 is 0 Å². The van der Waals surface area contributed by atoms with Crippen molar-refractivity contribution < 1.29 is 19.7 Å². The number of aromatic hydroxyl groups is 1. The lowest BCUT2D eigenvalue weighted by atomic mass is 9.98. The third-order valence-electron chi connectivity index (χ3n) is 5.45. The minimum atomic E-state index is -1.40. The maximum atomic E-state index is 13.2. The van der Waals surface area contributed by atoms with Crippen LogP contribution in [-0.2, 0) is 30.7 Å². The average molecular weight is 394 g/mol. The molecule has 1 aliphatic heterocycles. The van der Waals surface area contributed by atoms with Crippen molar-refractivity contribution in [2.24, 2.45) is 0 Å². The summed E-state index contributed by atoms with van der Waals surface area (Å²) in [5, 5.41) is 19.7. The molecular formula is C22H22N2O5. The van der Waals surface area contributed by atoms with Gasteiger partial charge in [-0.2, -0.15) is 0 Å². The SMILES string of the molecule is CCCc1cc2n(c(=O)c1COC(=O)O)Cc1c-2nc2ccc(O)cc2c1CC. The van der Waals surface area contributed by atoms with Crippen molar-refractivity contribution in [3.63, 3.8) is 0 Å². The van der Waals surface area contributed by atoms with Gasteiger partial charge in [-0.3, -0.25) is 4.79 Å². The Morgan fingerprint density at radius 2 is 2.03 bits per heavy atom. The molecule has 4 rings (SSSR count). The molecule has 0 saturated heterocycles. The molecule has 7 nitrogen and oxygen atoms in total. The average Bonchev–Trinajstić information content (AvgIpc) is 3.04. The summed E-state index contributed by atoms with van der Waals surface area (Å²) in [6.45, 7) is 4.16. The summed E-state index contributed by atoms with van der Waals surface area (Å²) >= 11 is 0.